The smallest absolute Gasteiger partial charge is 0.227 e. The summed E-state index contributed by atoms with van der Waals surface area (Å²) in [6.07, 6.45) is 6.89. The lowest BCUT2D eigenvalue weighted by Gasteiger charge is -2.29. The number of rotatable bonds is 4. The Bertz CT molecular complexity index is 903. The van der Waals surface area contributed by atoms with Crippen molar-refractivity contribution in [3.63, 3.8) is 0 Å². The van der Waals surface area contributed by atoms with Gasteiger partial charge < -0.3 is 4.90 Å². The molecule has 1 amide bonds. The quantitative estimate of drug-likeness (QED) is 0.746. The molecule has 0 radical (unpaired) electrons. The van der Waals surface area contributed by atoms with E-state index in [9.17, 15) is 10.1 Å². The number of para-hydroxylation sites is 1. The maximum atomic E-state index is 12.8. The van der Waals surface area contributed by atoms with Gasteiger partial charge in [0.1, 0.15) is 11.1 Å². The molecule has 0 saturated carbocycles. The van der Waals surface area contributed by atoms with Crippen molar-refractivity contribution < 1.29 is 4.79 Å². The zero-order chi connectivity index (χ0) is 18.6. The van der Waals surface area contributed by atoms with E-state index >= 15 is 0 Å². The summed E-state index contributed by atoms with van der Waals surface area (Å²) in [4.78, 5) is 19.4. The molecule has 1 aromatic carbocycles. The van der Waals surface area contributed by atoms with Crippen LogP contribution in [-0.2, 0) is 24.1 Å². The lowest BCUT2D eigenvalue weighted by Crippen LogP contribution is -2.35. The molecule has 0 unspecified atom stereocenters. The minimum absolute atomic E-state index is 0.158. The first-order valence-corrected chi connectivity index (χ1v) is 10.7. The van der Waals surface area contributed by atoms with Gasteiger partial charge in [-0.15, -0.1) is 11.8 Å². The maximum Gasteiger partial charge on any atom is 0.227 e. The summed E-state index contributed by atoms with van der Waals surface area (Å²) in [5.74, 6) is 0.809. The van der Waals surface area contributed by atoms with Gasteiger partial charge in [-0.05, 0) is 61.8 Å². The Morgan fingerprint density at radius 3 is 2.85 bits per heavy atom. The average Bonchev–Trinajstić information content (AvgIpc) is 2.72. The molecule has 0 saturated heterocycles. The summed E-state index contributed by atoms with van der Waals surface area (Å²) in [5.41, 5.74) is 5.33. The normalized spacial score (nSPS) is 15.6. The largest absolute Gasteiger partial charge is 0.312 e. The molecule has 2 heterocycles. The minimum atomic E-state index is 0.158. The van der Waals surface area contributed by atoms with Crippen molar-refractivity contribution in [1.29, 1.82) is 5.26 Å². The molecular weight excluding hydrogens is 354 g/mol. The third-order valence-corrected chi connectivity index (χ3v) is 6.35. The Morgan fingerprint density at radius 2 is 1.96 bits per heavy atom. The van der Waals surface area contributed by atoms with Crippen LogP contribution in [-0.4, -0.2) is 23.2 Å². The summed E-state index contributed by atoms with van der Waals surface area (Å²) >= 11 is 1.54. The van der Waals surface area contributed by atoms with Crippen LogP contribution in [0.1, 0.15) is 48.1 Å². The van der Waals surface area contributed by atoms with E-state index in [4.69, 9.17) is 4.98 Å². The summed E-state index contributed by atoms with van der Waals surface area (Å²) < 4.78 is 0. The van der Waals surface area contributed by atoms with Gasteiger partial charge in [-0.3, -0.25) is 4.79 Å². The SMILES string of the molecule is N#Cc1cc2c(nc1SCCC(=O)N1CCCc3ccccc31)CCCC2. The molecule has 1 aromatic heterocycles. The first-order chi connectivity index (χ1) is 13.3. The molecule has 0 bridgehead atoms. The van der Waals surface area contributed by atoms with E-state index in [-0.39, 0.29) is 5.91 Å². The molecule has 1 aliphatic heterocycles. The molecular formula is C22H23N3OS. The fourth-order valence-electron chi connectivity index (χ4n) is 3.97. The highest BCUT2D eigenvalue weighted by Crippen LogP contribution is 2.30. The number of benzene rings is 1. The highest BCUT2D eigenvalue weighted by Gasteiger charge is 2.22. The van der Waals surface area contributed by atoms with Crippen molar-refractivity contribution in [2.24, 2.45) is 0 Å². The highest BCUT2D eigenvalue weighted by molar-refractivity contribution is 7.99. The predicted octanol–water partition coefficient (Wildman–Crippen LogP) is 4.29. The van der Waals surface area contributed by atoms with Gasteiger partial charge in [0.05, 0.1) is 5.56 Å². The maximum absolute atomic E-state index is 12.8. The second-order valence-corrected chi connectivity index (χ2v) is 8.23. The number of aromatic nitrogens is 1. The van der Waals surface area contributed by atoms with Crippen LogP contribution in [0.2, 0.25) is 0 Å². The van der Waals surface area contributed by atoms with E-state index in [2.05, 4.69) is 12.1 Å². The average molecular weight is 378 g/mol. The molecule has 0 atom stereocenters. The molecule has 4 rings (SSSR count). The van der Waals surface area contributed by atoms with Gasteiger partial charge in [-0.2, -0.15) is 5.26 Å². The molecule has 1 aliphatic carbocycles. The van der Waals surface area contributed by atoms with E-state index in [1.807, 2.05) is 29.2 Å². The number of anilines is 1. The van der Waals surface area contributed by atoms with Gasteiger partial charge in [-0.25, -0.2) is 4.98 Å². The van der Waals surface area contributed by atoms with E-state index in [0.29, 0.717) is 17.7 Å². The minimum Gasteiger partial charge on any atom is -0.312 e. The first kappa shape index (κ1) is 18.1. The van der Waals surface area contributed by atoms with Gasteiger partial charge in [-0.1, -0.05) is 18.2 Å². The Balaban J connectivity index is 1.42. The molecule has 0 N–H and O–H groups in total. The van der Waals surface area contributed by atoms with Gasteiger partial charge in [0.15, 0.2) is 0 Å². The molecule has 5 heteroatoms. The number of pyridine rings is 1. The van der Waals surface area contributed by atoms with Crippen molar-refractivity contribution >= 4 is 23.4 Å². The van der Waals surface area contributed by atoms with Crippen LogP contribution in [0.25, 0.3) is 0 Å². The van der Waals surface area contributed by atoms with Crippen LogP contribution in [0.4, 0.5) is 5.69 Å². The summed E-state index contributed by atoms with van der Waals surface area (Å²) in [6.45, 7) is 0.793. The fraction of sp³-hybridized carbons (Fsp3) is 0.409. The van der Waals surface area contributed by atoms with Crippen LogP contribution >= 0.6 is 11.8 Å². The Labute approximate surface area is 164 Å². The second kappa shape index (κ2) is 8.14. The van der Waals surface area contributed by atoms with E-state index in [1.54, 1.807) is 0 Å². The van der Waals surface area contributed by atoms with Gasteiger partial charge in [0.25, 0.3) is 0 Å². The number of carbonyl (C=O) groups excluding carboxylic acids is 1. The van der Waals surface area contributed by atoms with Crippen molar-refractivity contribution in [3.05, 3.63) is 52.7 Å². The highest BCUT2D eigenvalue weighted by atomic mass is 32.2. The summed E-state index contributed by atoms with van der Waals surface area (Å²) in [5, 5.41) is 10.2. The zero-order valence-electron chi connectivity index (χ0n) is 15.4. The Morgan fingerprint density at radius 1 is 1.15 bits per heavy atom. The topological polar surface area (TPSA) is 57.0 Å². The van der Waals surface area contributed by atoms with E-state index < -0.39 is 0 Å². The van der Waals surface area contributed by atoms with Gasteiger partial charge in [0, 0.05) is 30.1 Å². The summed E-state index contributed by atoms with van der Waals surface area (Å²) in [6, 6.07) is 12.5. The molecule has 138 valence electrons. The fourth-order valence-corrected chi connectivity index (χ4v) is 4.87. The van der Waals surface area contributed by atoms with Gasteiger partial charge in [0.2, 0.25) is 5.91 Å². The number of carbonyl (C=O) groups is 1. The number of fused-ring (bicyclic) bond motifs is 2. The predicted molar refractivity (Wildman–Crippen MR) is 108 cm³/mol. The van der Waals surface area contributed by atoms with Crippen LogP contribution < -0.4 is 4.90 Å². The first-order valence-electron chi connectivity index (χ1n) is 9.70. The Hall–Kier alpha value is -2.32. The van der Waals surface area contributed by atoms with E-state index in [0.717, 1.165) is 48.6 Å². The number of thioether (sulfide) groups is 1. The third kappa shape index (κ3) is 3.86. The number of hydrogen-bond donors (Lipinski definition) is 0. The molecule has 2 aromatic rings. The molecule has 0 spiro atoms. The van der Waals surface area contributed by atoms with E-state index in [1.165, 1.54) is 35.7 Å². The molecule has 0 fully saturated rings. The van der Waals surface area contributed by atoms with Crippen molar-refractivity contribution in [3.8, 4) is 6.07 Å². The number of nitriles is 1. The number of aryl methyl sites for hydroxylation is 3. The molecule has 2 aliphatic rings. The standard InChI is InChI=1S/C22H23N3OS/c23-15-18-14-17-7-1-3-9-19(17)24-22(18)27-13-11-21(26)25-12-5-8-16-6-2-4-10-20(16)25/h2,4,6,10,14H,1,3,5,7-9,11-13H2. The van der Waals surface area contributed by atoms with Gasteiger partial charge >= 0.3 is 0 Å². The third-order valence-electron chi connectivity index (χ3n) is 5.35. The van der Waals surface area contributed by atoms with Crippen molar-refractivity contribution in [2.45, 2.75) is 50.0 Å². The number of hydrogen-bond acceptors (Lipinski definition) is 4. The van der Waals surface area contributed by atoms with Crippen LogP contribution in [0.5, 0.6) is 0 Å². The lowest BCUT2D eigenvalue weighted by atomic mass is 9.95. The lowest BCUT2D eigenvalue weighted by molar-refractivity contribution is -0.118. The van der Waals surface area contributed by atoms with Crippen LogP contribution in [0.3, 0.4) is 0 Å². The molecule has 4 nitrogen and oxygen atoms in total. The zero-order valence-corrected chi connectivity index (χ0v) is 16.2. The monoisotopic (exact) mass is 377 g/mol. The van der Waals surface area contributed by atoms with Crippen LogP contribution in [0, 0.1) is 11.3 Å². The van der Waals surface area contributed by atoms with Crippen molar-refractivity contribution in [1.82, 2.24) is 4.98 Å². The Kier molecular flexibility index (Phi) is 5.45. The second-order valence-electron chi connectivity index (χ2n) is 7.14. The number of nitrogens with zero attached hydrogens (tertiary/aromatic N) is 3. The summed E-state index contributed by atoms with van der Waals surface area (Å²) in [7, 11) is 0. The van der Waals surface area contributed by atoms with Crippen molar-refractivity contribution in [2.75, 3.05) is 17.2 Å². The molecule has 27 heavy (non-hydrogen) atoms. The van der Waals surface area contributed by atoms with Crippen LogP contribution in [0.15, 0.2) is 35.4 Å². The number of amides is 1.